The van der Waals surface area contributed by atoms with Crippen LogP contribution in [0.1, 0.15) is 18.4 Å². The number of rotatable bonds is 9. The van der Waals surface area contributed by atoms with Crippen LogP contribution in [0, 0.1) is 0 Å². The van der Waals surface area contributed by atoms with Gasteiger partial charge in [0.05, 0.1) is 27.5 Å². The van der Waals surface area contributed by atoms with Crippen molar-refractivity contribution in [3.63, 3.8) is 0 Å². The van der Waals surface area contributed by atoms with E-state index in [-0.39, 0.29) is 5.91 Å². The summed E-state index contributed by atoms with van der Waals surface area (Å²) >= 11 is 0. The Hall–Kier alpha value is -3.55. The monoisotopic (exact) mass is 396 g/mol. The standard InChI is InChI=1S/C21H24N4O4/c1-27-17-11-14(12-18(28-2)20(17)29-3)7-6-10-19(26)23-25-21-16-9-5-4-8-15(16)13-22-24-21/h4-5,8-9,11-13H,6-7,10H2,1-3H3,(H,23,26)(H,24,25). The Morgan fingerprint density at radius 2 is 1.76 bits per heavy atom. The number of aryl methyl sites for hydroxylation is 1. The van der Waals surface area contributed by atoms with Gasteiger partial charge in [-0.3, -0.25) is 15.6 Å². The molecule has 1 heterocycles. The van der Waals surface area contributed by atoms with Gasteiger partial charge in [0.2, 0.25) is 11.7 Å². The number of hydrogen-bond donors (Lipinski definition) is 2. The first-order valence-electron chi connectivity index (χ1n) is 9.20. The molecule has 0 fully saturated rings. The van der Waals surface area contributed by atoms with Gasteiger partial charge in [-0.15, -0.1) is 5.10 Å². The molecule has 8 nitrogen and oxygen atoms in total. The summed E-state index contributed by atoms with van der Waals surface area (Å²) in [6.07, 6.45) is 3.38. The fourth-order valence-corrected chi connectivity index (χ4v) is 3.04. The number of fused-ring (bicyclic) bond motifs is 1. The van der Waals surface area contributed by atoms with Gasteiger partial charge in [-0.05, 0) is 30.5 Å². The molecule has 8 heteroatoms. The van der Waals surface area contributed by atoms with Gasteiger partial charge in [0, 0.05) is 17.2 Å². The normalized spacial score (nSPS) is 10.4. The topological polar surface area (TPSA) is 94.6 Å². The fourth-order valence-electron chi connectivity index (χ4n) is 3.04. The van der Waals surface area contributed by atoms with Crippen molar-refractivity contribution in [3.8, 4) is 17.2 Å². The second-order valence-electron chi connectivity index (χ2n) is 6.34. The number of hydrazine groups is 1. The summed E-state index contributed by atoms with van der Waals surface area (Å²) in [6, 6.07) is 11.5. The minimum absolute atomic E-state index is 0.132. The molecule has 2 N–H and O–H groups in total. The molecule has 3 aromatic rings. The Kier molecular flexibility index (Phi) is 6.67. The first-order valence-corrected chi connectivity index (χ1v) is 9.20. The predicted molar refractivity (Wildman–Crippen MR) is 110 cm³/mol. The highest BCUT2D eigenvalue weighted by Crippen LogP contribution is 2.38. The molecule has 0 bridgehead atoms. The molecule has 1 aromatic heterocycles. The highest BCUT2D eigenvalue weighted by molar-refractivity contribution is 5.91. The van der Waals surface area contributed by atoms with Gasteiger partial charge in [-0.25, -0.2) is 0 Å². The summed E-state index contributed by atoms with van der Waals surface area (Å²) in [5.41, 5.74) is 6.54. The zero-order chi connectivity index (χ0) is 20.6. The predicted octanol–water partition coefficient (Wildman–Crippen LogP) is 3.12. The van der Waals surface area contributed by atoms with Gasteiger partial charge >= 0.3 is 0 Å². The number of methoxy groups -OCH3 is 3. The summed E-state index contributed by atoms with van der Waals surface area (Å²) in [4.78, 5) is 12.2. The van der Waals surface area contributed by atoms with Gasteiger partial charge in [0.25, 0.3) is 0 Å². The Morgan fingerprint density at radius 1 is 1.03 bits per heavy atom. The summed E-state index contributed by atoms with van der Waals surface area (Å²) in [5.74, 6) is 2.13. The van der Waals surface area contributed by atoms with Crippen LogP contribution in [0.5, 0.6) is 17.2 Å². The molecule has 29 heavy (non-hydrogen) atoms. The number of benzene rings is 2. The molecule has 0 aliphatic heterocycles. The summed E-state index contributed by atoms with van der Waals surface area (Å²) in [7, 11) is 4.73. The molecular formula is C21H24N4O4. The second-order valence-corrected chi connectivity index (χ2v) is 6.34. The Balaban J connectivity index is 1.55. The van der Waals surface area contributed by atoms with Crippen molar-refractivity contribution >= 4 is 22.5 Å². The number of carbonyl (C=O) groups is 1. The number of hydrogen-bond acceptors (Lipinski definition) is 7. The molecule has 0 aliphatic rings. The molecular weight excluding hydrogens is 372 g/mol. The van der Waals surface area contributed by atoms with Crippen LogP contribution in [-0.4, -0.2) is 37.4 Å². The van der Waals surface area contributed by atoms with Crippen molar-refractivity contribution in [2.24, 2.45) is 0 Å². The van der Waals surface area contributed by atoms with Crippen molar-refractivity contribution in [2.45, 2.75) is 19.3 Å². The third-order valence-corrected chi connectivity index (χ3v) is 4.48. The van der Waals surface area contributed by atoms with E-state index >= 15 is 0 Å². The number of carbonyl (C=O) groups excluding carboxylic acids is 1. The van der Waals surface area contributed by atoms with E-state index in [0.717, 1.165) is 16.3 Å². The van der Waals surface area contributed by atoms with Gasteiger partial charge in [-0.1, -0.05) is 24.3 Å². The smallest absolute Gasteiger partial charge is 0.238 e. The van der Waals surface area contributed by atoms with Crippen molar-refractivity contribution in [1.29, 1.82) is 0 Å². The van der Waals surface area contributed by atoms with E-state index in [9.17, 15) is 4.79 Å². The molecule has 1 amide bonds. The molecule has 0 unspecified atom stereocenters. The van der Waals surface area contributed by atoms with Gasteiger partial charge in [-0.2, -0.15) is 5.10 Å². The van der Waals surface area contributed by atoms with E-state index in [2.05, 4.69) is 21.0 Å². The lowest BCUT2D eigenvalue weighted by atomic mass is 10.1. The third-order valence-electron chi connectivity index (χ3n) is 4.48. The maximum absolute atomic E-state index is 12.2. The lowest BCUT2D eigenvalue weighted by Gasteiger charge is -2.14. The van der Waals surface area contributed by atoms with Crippen molar-refractivity contribution in [3.05, 3.63) is 48.2 Å². The van der Waals surface area contributed by atoms with E-state index in [4.69, 9.17) is 14.2 Å². The lowest BCUT2D eigenvalue weighted by molar-refractivity contribution is -0.120. The van der Waals surface area contributed by atoms with Gasteiger partial charge in [0.15, 0.2) is 17.3 Å². The van der Waals surface area contributed by atoms with Crippen molar-refractivity contribution in [2.75, 3.05) is 26.8 Å². The van der Waals surface area contributed by atoms with E-state index in [1.54, 1.807) is 27.5 Å². The average Bonchev–Trinajstić information content (AvgIpc) is 2.76. The Morgan fingerprint density at radius 3 is 2.45 bits per heavy atom. The number of nitrogens with one attached hydrogen (secondary N) is 2. The second kappa shape index (κ2) is 9.59. The number of anilines is 1. The molecule has 0 saturated heterocycles. The molecule has 0 aliphatic carbocycles. The Labute approximate surface area is 169 Å². The van der Waals surface area contributed by atoms with Crippen molar-refractivity contribution < 1.29 is 19.0 Å². The molecule has 0 saturated carbocycles. The number of aromatic nitrogens is 2. The van der Waals surface area contributed by atoms with Crippen LogP contribution in [0.3, 0.4) is 0 Å². The van der Waals surface area contributed by atoms with E-state index < -0.39 is 0 Å². The zero-order valence-corrected chi connectivity index (χ0v) is 16.7. The maximum Gasteiger partial charge on any atom is 0.238 e. The van der Waals surface area contributed by atoms with Crippen LogP contribution >= 0.6 is 0 Å². The molecule has 3 rings (SSSR count). The first-order chi connectivity index (χ1) is 14.2. The minimum atomic E-state index is -0.132. The van der Waals surface area contributed by atoms with Crippen LogP contribution < -0.4 is 25.1 Å². The number of nitrogens with zero attached hydrogens (tertiary/aromatic N) is 2. The van der Waals surface area contributed by atoms with Crippen LogP contribution in [0.25, 0.3) is 10.8 Å². The fraction of sp³-hybridized carbons (Fsp3) is 0.286. The summed E-state index contributed by atoms with van der Waals surface area (Å²) in [5, 5.41) is 9.82. The lowest BCUT2D eigenvalue weighted by Crippen LogP contribution is -2.29. The quantitative estimate of drug-likeness (QED) is 0.537. The van der Waals surface area contributed by atoms with Gasteiger partial charge in [0.1, 0.15) is 0 Å². The maximum atomic E-state index is 12.2. The average molecular weight is 396 g/mol. The van der Waals surface area contributed by atoms with E-state index in [0.29, 0.717) is 42.3 Å². The number of amides is 1. The molecule has 0 spiro atoms. The summed E-state index contributed by atoms with van der Waals surface area (Å²) < 4.78 is 16.1. The van der Waals surface area contributed by atoms with Crippen LogP contribution in [0.4, 0.5) is 5.82 Å². The van der Waals surface area contributed by atoms with Crippen LogP contribution in [0.2, 0.25) is 0 Å². The van der Waals surface area contributed by atoms with Crippen molar-refractivity contribution in [1.82, 2.24) is 15.6 Å². The Bertz CT molecular complexity index is 963. The van der Waals surface area contributed by atoms with Gasteiger partial charge < -0.3 is 14.2 Å². The summed E-state index contributed by atoms with van der Waals surface area (Å²) in [6.45, 7) is 0. The van der Waals surface area contributed by atoms with E-state index in [1.807, 2.05) is 36.4 Å². The zero-order valence-electron chi connectivity index (χ0n) is 16.7. The first kappa shape index (κ1) is 20.2. The SMILES string of the molecule is COc1cc(CCCC(=O)NNc2nncc3ccccc23)cc(OC)c1OC. The highest BCUT2D eigenvalue weighted by atomic mass is 16.5. The molecule has 2 aromatic carbocycles. The minimum Gasteiger partial charge on any atom is -0.493 e. The molecule has 152 valence electrons. The highest BCUT2D eigenvalue weighted by Gasteiger charge is 2.13. The van der Waals surface area contributed by atoms with Crippen LogP contribution in [0.15, 0.2) is 42.6 Å². The number of ether oxygens (including phenoxy) is 3. The largest absolute Gasteiger partial charge is 0.493 e. The van der Waals surface area contributed by atoms with E-state index in [1.165, 1.54) is 0 Å². The third kappa shape index (κ3) is 4.84. The molecule has 0 atom stereocenters. The molecule has 0 radical (unpaired) electrons. The van der Waals surface area contributed by atoms with Crippen LogP contribution in [-0.2, 0) is 11.2 Å².